The highest BCUT2D eigenvalue weighted by atomic mass is 19.1. The fourth-order valence-corrected chi connectivity index (χ4v) is 8.04. The number of carbonyl (C=O) groups is 1. The summed E-state index contributed by atoms with van der Waals surface area (Å²) in [7, 11) is 0. The average molecular weight is 488 g/mol. The minimum atomic E-state index is -1.60. The van der Waals surface area contributed by atoms with Gasteiger partial charge in [-0.15, -0.1) is 0 Å². The summed E-state index contributed by atoms with van der Waals surface area (Å²) in [5, 5.41) is 29.3. The zero-order chi connectivity index (χ0) is 24.5. The second-order valence-corrected chi connectivity index (χ2v) is 12.4. The van der Waals surface area contributed by atoms with E-state index in [2.05, 4.69) is 0 Å². The van der Waals surface area contributed by atoms with Crippen LogP contribution in [0.2, 0.25) is 0 Å². The first-order valence-electron chi connectivity index (χ1n) is 13.5. The Kier molecular flexibility index (Phi) is 5.89. The molecule has 3 N–H and O–H groups in total. The van der Waals surface area contributed by atoms with E-state index in [-0.39, 0.29) is 35.8 Å². The first-order valence-corrected chi connectivity index (χ1v) is 13.5. The van der Waals surface area contributed by atoms with E-state index in [9.17, 15) is 20.1 Å². The van der Waals surface area contributed by atoms with Crippen LogP contribution in [0.3, 0.4) is 0 Å². The number of aliphatic hydroxyl groups excluding tert-OH is 2. The van der Waals surface area contributed by atoms with E-state index in [4.69, 9.17) is 4.74 Å². The molecular formula is C28H38FNO5. The second kappa shape index (κ2) is 8.70. The lowest BCUT2D eigenvalue weighted by molar-refractivity contribution is -0.0602. The topological polar surface area (TPSA) is 90.2 Å². The van der Waals surface area contributed by atoms with Gasteiger partial charge in [0, 0.05) is 36.4 Å². The molecule has 7 atom stereocenters. The molecule has 1 aromatic rings. The molecule has 1 saturated heterocycles. The van der Waals surface area contributed by atoms with Gasteiger partial charge >= 0.3 is 0 Å². The van der Waals surface area contributed by atoms with E-state index >= 15 is 4.39 Å². The van der Waals surface area contributed by atoms with Crippen LogP contribution in [0.1, 0.15) is 86.6 Å². The highest BCUT2D eigenvalue weighted by Crippen LogP contribution is 2.61. The van der Waals surface area contributed by atoms with Crippen molar-refractivity contribution in [2.75, 3.05) is 13.2 Å². The number of hydrogen-bond donors (Lipinski definition) is 3. The van der Waals surface area contributed by atoms with Crippen LogP contribution in [0.15, 0.2) is 12.1 Å². The largest absolute Gasteiger partial charge is 0.493 e. The van der Waals surface area contributed by atoms with Gasteiger partial charge < -0.3 is 25.0 Å². The number of likely N-dealkylation sites (tertiary alicyclic amines) is 1. The summed E-state index contributed by atoms with van der Waals surface area (Å²) in [5.74, 6) is 1.99. The van der Waals surface area contributed by atoms with Crippen LogP contribution >= 0.6 is 0 Å². The van der Waals surface area contributed by atoms with E-state index in [0.29, 0.717) is 12.4 Å². The fourth-order valence-electron chi connectivity index (χ4n) is 8.04. The Balaban J connectivity index is 1.23. The van der Waals surface area contributed by atoms with Crippen molar-refractivity contribution in [1.82, 2.24) is 4.90 Å². The number of nitrogens with zero attached hydrogens (tertiary/aromatic N) is 1. The molecule has 0 spiro atoms. The second-order valence-electron chi connectivity index (χ2n) is 12.4. The number of halogens is 1. The Hall–Kier alpha value is -1.70. The van der Waals surface area contributed by atoms with E-state index < -0.39 is 30.2 Å². The average Bonchev–Trinajstić information content (AvgIpc) is 3.58. The normalized spacial score (nSPS) is 37.9. The van der Waals surface area contributed by atoms with Gasteiger partial charge in [-0.25, -0.2) is 4.39 Å². The molecule has 5 aliphatic rings. The smallest absolute Gasteiger partial charge is 0.257 e. The summed E-state index contributed by atoms with van der Waals surface area (Å²) in [6.45, 7) is 2.46. The number of benzene rings is 1. The summed E-state index contributed by atoms with van der Waals surface area (Å²) >= 11 is 0. The molecule has 1 aliphatic heterocycles. The van der Waals surface area contributed by atoms with E-state index in [0.717, 1.165) is 36.2 Å². The summed E-state index contributed by atoms with van der Waals surface area (Å²) in [6, 6.07) is 2.49. The number of β-amino-alcohol motifs (C(OH)–C–C–N with tert-alkyl or cyclic N) is 1. The van der Waals surface area contributed by atoms with Crippen LogP contribution in [-0.2, 0) is 0 Å². The van der Waals surface area contributed by atoms with Crippen LogP contribution in [0.4, 0.5) is 4.39 Å². The van der Waals surface area contributed by atoms with Gasteiger partial charge in [-0.05, 0) is 86.7 Å². The van der Waals surface area contributed by atoms with Gasteiger partial charge in [-0.1, -0.05) is 6.92 Å². The van der Waals surface area contributed by atoms with Crippen LogP contribution in [0.25, 0.3) is 0 Å². The number of hydrogen-bond acceptors (Lipinski definition) is 5. The number of aliphatic hydroxyl groups is 3. The van der Waals surface area contributed by atoms with Crippen molar-refractivity contribution in [3.63, 3.8) is 0 Å². The van der Waals surface area contributed by atoms with Crippen LogP contribution in [-0.4, -0.2) is 57.7 Å². The van der Waals surface area contributed by atoms with Crippen molar-refractivity contribution < 1.29 is 29.2 Å². The third kappa shape index (κ3) is 4.27. The summed E-state index contributed by atoms with van der Waals surface area (Å²) < 4.78 is 21.8. The molecule has 0 aromatic heterocycles. The molecule has 7 heteroatoms. The lowest BCUT2D eigenvalue weighted by atomic mass is 9.62. The summed E-state index contributed by atoms with van der Waals surface area (Å²) in [6.07, 6.45) is 7.27. The Bertz CT molecular complexity index is 992. The number of carbonyl (C=O) groups excluding carboxylic acids is 1. The van der Waals surface area contributed by atoms with Crippen molar-refractivity contribution >= 4 is 5.91 Å². The Labute approximate surface area is 206 Å². The SMILES string of the molecule is C[C@H]1[C@H](O)CN(C(=O)c2cc(C3CC3)c(OCC34CC[C@H]5CC(CC5C3)C4)cc2F)[C@@H]1CC(O)O. The van der Waals surface area contributed by atoms with Gasteiger partial charge in [0.2, 0.25) is 0 Å². The Morgan fingerprint density at radius 3 is 2.71 bits per heavy atom. The number of rotatable bonds is 7. The van der Waals surface area contributed by atoms with Gasteiger partial charge in [0.1, 0.15) is 11.6 Å². The quantitative estimate of drug-likeness (QED) is 0.509. The molecule has 1 amide bonds. The van der Waals surface area contributed by atoms with Gasteiger partial charge in [0.05, 0.1) is 18.3 Å². The number of amides is 1. The van der Waals surface area contributed by atoms with Crippen molar-refractivity contribution in [2.45, 2.75) is 89.1 Å². The molecule has 3 unspecified atom stereocenters. The molecule has 3 bridgehead atoms. The zero-order valence-electron chi connectivity index (χ0n) is 20.5. The molecule has 1 aromatic carbocycles. The molecule has 35 heavy (non-hydrogen) atoms. The molecule has 6 rings (SSSR count). The first kappa shape index (κ1) is 23.7. The van der Waals surface area contributed by atoms with Crippen molar-refractivity contribution in [3.05, 3.63) is 29.1 Å². The van der Waals surface area contributed by atoms with Crippen molar-refractivity contribution in [1.29, 1.82) is 0 Å². The van der Waals surface area contributed by atoms with Crippen molar-refractivity contribution in [3.8, 4) is 5.75 Å². The van der Waals surface area contributed by atoms with Crippen molar-refractivity contribution in [2.24, 2.45) is 29.1 Å². The van der Waals surface area contributed by atoms with E-state index in [1.807, 2.05) is 0 Å². The van der Waals surface area contributed by atoms with Gasteiger partial charge in [0.15, 0.2) is 6.29 Å². The summed E-state index contributed by atoms with van der Waals surface area (Å²) in [5.41, 5.74) is 1.10. The van der Waals surface area contributed by atoms with Gasteiger partial charge in [-0.3, -0.25) is 4.79 Å². The van der Waals surface area contributed by atoms with Gasteiger partial charge in [0.25, 0.3) is 5.91 Å². The van der Waals surface area contributed by atoms with Gasteiger partial charge in [-0.2, -0.15) is 0 Å². The highest BCUT2D eigenvalue weighted by molar-refractivity contribution is 5.95. The molecule has 192 valence electrons. The first-order chi connectivity index (χ1) is 16.7. The monoisotopic (exact) mass is 487 g/mol. The third-order valence-corrected chi connectivity index (χ3v) is 9.99. The Morgan fingerprint density at radius 2 is 1.97 bits per heavy atom. The maximum absolute atomic E-state index is 15.4. The van der Waals surface area contributed by atoms with E-state index in [1.165, 1.54) is 49.5 Å². The molecule has 0 radical (unpaired) electrons. The molecular weight excluding hydrogens is 449 g/mol. The fraction of sp³-hybridized carbons (Fsp3) is 0.750. The van der Waals surface area contributed by atoms with Crippen LogP contribution < -0.4 is 4.74 Å². The lowest BCUT2D eigenvalue weighted by Crippen LogP contribution is -2.40. The number of ether oxygens (including phenoxy) is 1. The van der Waals surface area contributed by atoms with E-state index in [1.54, 1.807) is 13.0 Å². The number of fused-ring (bicyclic) bond motifs is 2. The molecule has 6 nitrogen and oxygen atoms in total. The molecule has 5 fully saturated rings. The maximum Gasteiger partial charge on any atom is 0.257 e. The zero-order valence-corrected chi connectivity index (χ0v) is 20.5. The minimum absolute atomic E-state index is 0.0210. The molecule has 4 aliphatic carbocycles. The molecule has 4 saturated carbocycles. The predicted octanol–water partition coefficient (Wildman–Crippen LogP) is 3.82. The Morgan fingerprint density at radius 1 is 1.20 bits per heavy atom. The molecule has 1 heterocycles. The summed E-state index contributed by atoms with van der Waals surface area (Å²) in [4.78, 5) is 14.8. The standard InChI is InChI=1S/C28H38FNO5/c1-15-23(10-26(32)33)30(13-24(15)31)27(34)21-8-20(17-2-3-17)25(9-22(21)29)35-14-28-5-4-18-6-16(11-28)7-19(18)12-28/h8-9,15-19,23-24,26,31-33H,2-7,10-14H2,1H3/t15-,16?,18+,19?,23-,24-,28?/m1/s1. The maximum atomic E-state index is 15.4. The lowest BCUT2D eigenvalue weighted by Gasteiger charge is -2.44. The third-order valence-electron chi connectivity index (χ3n) is 9.99. The van der Waals surface area contributed by atoms with Crippen LogP contribution in [0, 0.1) is 34.9 Å². The predicted molar refractivity (Wildman–Crippen MR) is 127 cm³/mol. The minimum Gasteiger partial charge on any atom is -0.493 e. The highest BCUT2D eigenvalue weighted by Gasteiger charge is 2.52. The van der Waals surface area contributed by atoms with Crippen LogP contribution in [0.5, 0.6) is 5.75 Å².